The van der Waals surface area contributed by atoms with Crippen molar-refractivity contribution in [3.8, 4) is 5.75 Å². The maximum Gasteiger partial charge on any atom is 0.236 e. The number of benzene rings is 3. The molecule has 3 saturated heterocycles. The first kappa shape index (κ1) is 46.2. The van der Waals surface area contributed by atoms with Gasteiger partial charge in [0.15, 0.2) is 0 Å². The number of piperidine rings is 2. The summed E-state index contributed by atoms with van der Waals surface area (Å²) in [6.45, 7) is 8.20. The van der Waals surface area contributed by atoms with Crippen molar-refractivity contribution in [2.75, 3.05) is 93.7 Å². The molecule has 15 nitrogen and oxygen atoms in total. The number of aromatic nitrogens is 3. The highest BCUT2D eigenvalue weighted by molar-refractivity contribution is 9.10. The van der Waals surface area contributed by atoms with Gasteiger partial charge in [-0.15, -0.1) is 0 Å². The summed E-state index contributed by atoms with van der Waals surface area (Å²) in [5.41, 5.74) is 5.26. The zero-order valence-electron chi connectivity index (χ0n) is 37.3. The van der Waals surface area contributed by atoms with Gasteiger partial charge in [-0.2, -0.15) is 4.98 Å². The number of methoxy groups -OCH3 is 1. The number of nitrogens with zero attached hydrogens (tertiary/aromatic N) is 7. The molecule has 5 aromatic rings. The lowest BCUT2D eigenvalue weighted by Crippen LogP contribution is -2.53. The van der Waals surface area contributed by atoms with Gasteiger partial charge in [-0.1, -0.05) is 6.92 Å². The van der Waals surface area contributed by atoms with Gasteiger partial charge in [-0.05, 0) is 95.6 Å². The molecule has 0 bridgehead atoms. The van der Waals surface area contributed by atoms with Crippen LogP contribution in [-0.4, -0.2) is 123 Å². The second kappa shape index (κ2) is 19.2. The molecule has 0 spiro atoms. The second-order valence-electron chi connectivity index (χ2n) is 17.2. The lowest BCUT2D eigenvalue weighted by Gasteiger charge is -2.43. The average molecular weight is 978 g/mol. The Kier molecular flexibility index (Phi) is 13.7. The molecular weight excluding hydrogens is 923 g/mol. The Hall–Kier alpha value is -5.37. The molecule has 8 rings (SSSR count). The summed E-state index contributed by atoms with van der Waals surface area (Å²) in [4.78, 5) is 42.4. The second-order valence-corrected chi connectivity index (χ2v) is 19.9. The van der Waals surface area contributed by atoms with Crippen molar-refractivity contribution in [3.63, 3.8) is 0 Å². The van der Waals surface area contributed by atoms with Gasteiger partial charge in [0.25, 0.3) is 0 Å². The molecular formula is C46H55BrF2N10O5S. The van der Waals surface area contributed by atoms with Gasteiger partial charge in [-0.3, -0.25) is 19.8 Å². The number of anilines is 6. The fraction of sp³-hybridized carbons (Fsp3) is 0.435. The van der Waals surface area contributed by atoms with Crippen molar-refractivity contribution >= 4 is 83.2 Å². The number of hydrogen-bond donors (Lipinski definition) is 3. The van der Waals surface area contributed by atoms with E-state index in [1.165, 1.54) is 22.4 Å². The number of nitrogens with one attached hydrogen (secondary N) is 3. The van der Waals surface area contributed by atoms with Gasteiger partial charge < -0.3 is 30.1 Å². The average Bonchev–Trinajstić information content (AvgIpc) is 3.74. The zero-order chi connectivity index (χ0) is 46.2. The number of piperazine rings is 1. The van der Waals surface area contributed by atoms with E-state index in [1.807, 2.05) is 31.1 Å². The van der Waals surface area contributed by atoms with E-state index < -0.39 is 39.4 Å². The number of ether oxygens (including phenoxy) is 1. The van der Waals surface area contributed by atoms with Crippen LogP contribution in [0, 0.1) is 11.6 Å². The van der Waals surface area contributed by atoms with E-state index in [9.17, 15) is 18.0 Å². The van der Waals surface area contributed by atoms with E-state index >= 15 is 8.78 Å². The smallest absolute Gasteiger partial charge is 0.236 e. The Morgan fingerprint density at radius 2 is 1.68 bits per heavy atom. The van der Waals surface area contributed by atoms with Crippen molar-refractivity contribution in [2.24, 2.45) is 0 Å². The molecule has 346 valence electrons. The van der Waals surface area contributed by atoms with Crippen molar-refractivity contribution < 1.29 is 31.5 Å². The summed E-state index contributed by atoms with van der Waals surface area (Å²) in [7, 11) is 1.87. The molecule has 19 heteroatoms. The first-order valence-corrected chi connectivity index (χ1v) is 24.6. The number of carbonyl (C=O) groups excluding carboxylic acids is 2. The molecule has 3 aliphatic heterocycles. The van der Waals surface area contributed by atoms with E-state index in [-0.39, 0.29) is 18.4 Å². The molecule has 3 N–H and O–H groups in total. The molecule has 3 aliphatic rings. The van der Waals surface area contributed by atoms with Crippen molar-refractivity contribution in [1.82, 2.24) is 29.1 Å². The highest BCUT2D eigenvalue weighted by Gasteiger charge is 2.33. The lowest BCUT2D eigenvalue weighted by molar-refractivity contribution is -0.134. The molecule has 1 atom stereocenters. The summed E-state index contributed by atoms with van der Waals surface area (Å²) < 4.78 is 63.6. The third kappa shape index (κ3) is 9.93. The number of amides is 2. The molecule has 0 radical (unpaired) electrons. The van der Waals surface area contributed by atoms with Crippen LogP contribution >= 0.6 is 15.9 Å². The lowest BCUT2D eigenvalue weighted by atomic mass is 9.89. The van der Waals surface area contributed by atoms with Crippen LogP contribution in [0.25, 0.3) is 10.9 Å². The van der Waals surface area contributed by atoms with E-state index in [0.717, 1.165) is 86.5 Å². The first-order valence-electron chi connectivity index (χ1n) is 21.9. The third-order valence-electron chi connectivity index (χ3n) is 12.8. The van der Waals surface area contributed by atoms with Crippen LogP contribution in [0.2, 0.25) is 0 Å². The number of rotatable bonds is 14. The van der Waals surface area contributed by atoms with Gasteiger partial charge in [0.2, 0.25) is 27.8 Å². The maximum absolute atomic E-state index is 15.1. The van der Waals surface area contributed by atoms with Gasteiger partial charge in [-0.25, -0.2) is 26.2 Å². The number of aryl methyl sites for hydroxylation is 1. The predicted molar refractivity (Wildman–Crippen MR) is 254 cm³/mol. The fourth-order valence-electron chi connectivity index (χ4n) is 9.40. The Morgan fingerprint density at radius 1 is 0.954 bits per heavy atom. The fourth-order valence-corrected chi connectivity index (χ4v) is 10.5. The molecule has 65 heavy (non-hydrogen) atoms. The third-order valence-corrected chi connectivity index (χ3v) is 14.4. The Balaban J connectivity index is 0.878. The van der Waals surface area contributed by atoms with Crippen LogP contribution in [0.1, 0.15) is 55.2 Å². The molecule has 2 amide bonds. The summed E-state index contributed by atoms with van der Waals surface area (Å²) in [5, 5.41) is 9.67. The minimum Gasteiger partial charge on any atom is -0.494 e. The highest BCUT2D eigenvalue weighted by atomic mass is 79.9. The van der Waals surface area contributed by atoms with Crippen molar-refractivity contribution in [1.29, 1.82) is 0 Å². The van der Waals surface area contributed by atoms with E-state index in [0.29, 0.717) is 57.8 Å². The van der Waals surface area contributed by atoms with Crippen LogP contribution in [0.3, 0.4) is 0 Å². The van der Waals surface area contributed by atoms with Crippen LogP contribution in [-0.2, 0) is 32.5 Å². The normalized spacial score (nSPS) is 18.0. The number of fused-ring (bicyclic) bond motifs is 1. The highest BCUT2D eigenvalue weighted by Crippen LogP contribution is 2.39. The number of carbonyl (C=O) groups is 2. The molecule has 5 heterocycles. The monoisotopic (exact) mass is 976 g/mol. The van der Waals surface area contributed by atoms with Crippen LogP contribution in [0.5, 0.6) is 5.75 Å². The molecule has 0 unspecified atom stereocenters. The van der Waals surface area contributed by atoms with E-state index in [1.54, 1.807) is 25.6 Å². The number of imide groups is 1. The van der Waals surface area contributed by atoms with Crippen LogP contribution in [0.4, 0.5) is 43.3 Å². The van der Waals surface area contributed by atoms with Gasteiger partial charge in [0.05, 0.1) is 40.6 Å². The number of halogens is 3. The first-order chi connectivity index (χ1) is 31.1. The maximum atomic E-state index is 15.1. The van der Waals surface area contributed by atoms with Gasteiger partial charge in [0.1, 0.15) is 23.2 Å². The molecule has 2 aromatic heterocycles. The Morgan fingerprint density at radius 3 is 2.32 bits per heavy atom. The zero-order valence-corrected chi connectivity index (χ0v) is 39.7. The van der Waals surface area contributed by atoms with Gasteiger partial charge >= 0.3 is 0 Å². The summed E-state index contributed by atoms with van der Waals surface area (Å²) in [5.74, 6) is -2.13. The summed E-state index contributed by atoms with van der Waals surface area (Å²) in [6, 6.07) is 12.9. The molecule has 0 aliphatic carbocycles. The standard InChI is InChI=1S/C46H55BrF2N10O5S/c1-6-29-25-37(52-46-50-27-33(47)44(54-46)51-36-8-9-38(55(2)3)31-14-18-59(43(31)36)65(5,62)63)40(64-4)26-39(29)58-16-12-30(13-17-58)57-21-19-56(20-22-57)15-11-28-23-34(48)42(35(49)24-28)32-7-10-41(60)53-45(32)61/h8-9,14,18,23-27,30,32H,6-7,10-13,15-17,19-22H2,1-5H3,(H,53,60,61)(H2,50,51,52,54)/t32-/m1/s1. The predicted octanol–water partition coefficient (Wildman–Crippen LogP) is 6.75. The minimum absolute atomic E-state index is 0.0596. The van der Waals surface area contributed by atoms with E-state index in [2.05, 4.69) is 70.6 Å². The Bertz CT molecular complexity index is 2700. The summed E-state index contributed by atoms with van der Waals surface area (Å²) >= 11 is 3.57. The van der Waals surface area contributed by atoms with Gasteiger partial charge in [0, 0.05) is 113 Å². The molecule has 3 aromatic carbocycles. The van der Waals surface area contributed by atoms with Crippen molar-refractivity contribution in [2.45, 2.75) is 57.4 Å². The number of hydrogen-bond acceptors (Lipinski definition) is 13. The topological polar surface area (TPSA) is 157 Å². The quantitative estimate of drug-likeness (QED) is 0.101. The Labute approximate surface area is 386 Å². The largest absolute Gasteiger partial charge is 0.494 e. The summed E-state index contributed by atoms with van der Waals surface area (Å²) in [6.07, 6.45) is 7.86. The minimum atomic E-state index is -3.60. The van der Waals surface area contributed by atoms with E-state index in [4.69, 9.17) is 9.72 Å². The SMILES string of the molecule is CCc1cc(Nc2ncc(Br)c(Nc3ccc(N(C)C)c4ccn(S(C)(=O)=O)c34)n2)c(OC)cc1N1CCC(N2CCN(CCc3cc(F)c([C@H]4CCC(=O)NC4=O)c(F)c3)CC2)CC1. The van der Waals surface area contributed by atoms with Crippen LogP contribution in [0.15, 0.2) is 59.3 Å². The van der Waals surface area contributed by atoms with Crippen molar-refractivity contribution in [3.05, 3.63) is 87.7 Å². The van der Waals surface area contributed by atoms with Crippen LogP contribution < -0.4 is 30.5 Å². The molecule has 0 saturated carbocycles. The molecule has 3 fully saturated rings.